The van der Waals surface area contributed by atoms with E-state index in [1.807, 2.05) is 60.1 Å². The molecule has 1 N–H and O–H groups in total. The largest absolute Gasteiger partial charge is 0.340 e. The second kappa shape index (κ2) is 6.27. The number of carbonyl (C=O) groups excluding carboxylic acids is 1. The molecule has 2 heterocycles. The summed E-state index contributed by atoms with van der Waals surface area (Å²) in [6.07, 6.45) is 0. The molecule has 2 aromatic carbocycles. The molecular weight excluding hydrogens is 352 g/mol. The Kier molecular flexibility index (Phi) is 3.93. The van der Waals surface area contributed by atoms with Gasteiger partial charge in [-0.3, -0.25) is 4.79 Å². The van der Waals surface area contributed by atoms with Gasteiger partial charge in [-0.15, -0.1) is 10.2 Å². The van der Waals surface area contributed by atoms with Crippen LogP contribution < -0.4 is 5.32 Å². The molecule has 26 heavy (non-hydrogen) atoms. The molecule has 0 saturated carbocycles. The fourth-order valence-corrected chi connectivity index (χ4v) is 3.02. The third-order valence-corrected chi connectivity index (χ3v) is 4.36. The topological polar surface area (TPSA) is 77.6 Å². The lowest BCUT2D eigenvalue weighted by atomic mass is 10.2. The summed E-state index contributed by atoms with van der Waals surface area (Å²) in [7, 11) is 3.54. The van der Waals surface area contributed by atoms with Gasteiger partial charge in [0, 0.05) is 34.2 Å². The summed E-state index contributed by atoms with van der Waals surface area (Å²) in [5.41, 5.74) is 2.88. The number of rotatable bonds is 3. The summed E-state index contributed by atoms with van der Waals surface area (Å²) < 4.78 is 1.82. The van der Waals surface area contributed by atoms with Gasteiger partial charge in [-0.2, -0.15) is 4.80 Å². The minimum absolute atomic E-state index is 0.205. The summed E-state index contributed by atoms with van der Waals surface area (Å²) in [4.78, 5) is 14.1. The van der Waals surface area contributed by atoms with Crippen molar-refractivity contribution in [3.63, 3.8) is 0 Å². The van der Waals surface area contributed by atoms with Gasteiger partial charge in [0.1, 0.15) is 5.69 Å². The van der Waals surface area contributed by atoms with Gasteiger partial charge in [-0.05, 0) is 35.5 Å². The quantitative estimate of drug-likeness (QED) is 0.603. The molecule has 0 radical (unpaired) electrons. The first-order valence-corrected chi connectivity index (χ1v) is 8.30. The lowest BCUT2D eigenvalue weighted by Crippen LogP contribution is -2.15. The summed E-state index contributed by atoms with van der Waals surface area (Å²) >= 11 is 6.05. The van der Waals surface area contributed by atoms with Crippen LogP contribution in [0, 0.1) is 0 Å². The fraction of sp³-hybridized carbons (Fsp3) is 0.111. The molecule has 0 aliphatic heterocycles. The Morgan fingerprint density at radius 2 is 1.96 bits per heavy atom. The van der Waals surface area contributed by atoms with Crippen LogP contribution in [-0.2, 0) is 14.1 Å². The van der Waals surface area contributed by atoms with Gasteiger partial charge >= 0.3 is 0 Å². The standard InChI is InChI=1S/C18H15ClN6O/c1-24-15-10-13(19)7-6-11(15)9-16(24)18(26)20-14-5-3-4-12(8-14)17-21-23-25(2)22-17/h3-10H,1-2H3,(H,20,26). The maximum absolute atomic E-state index is 12.7. The number of hydrogen-bond donors (Lipinski definition) is 1. The molecule has 8 heteroatoms. The number of nitrogens with one attached hydrogen (secondary N) is 1. The van der Waals surface area contributed by atoms with Gasteiger partial charge in [0.05, 0.1) is 7.05 Å². The molecule has 2 aromatic heterocycles. The molecule has 0 aliphatic carbocycles. The zero-order chi connectivity index (χ0) is 18.3. The second-order valence-electron chi connectivity index (χ2n) is 5.93. The third-order valence-electron chi connectivity index (χ3n) is 4.13. The molecule has 130 valence electrons. The van der Waals surface area contributed by atoms with Crippen molar-refractivity contribution in [2.24, 2.45) is 14.1 Å². The number of aryl methyl sites for hydroxylation is 2. The van der Waals surface area contributed by atoms with Crippen LogP contribution in [0.2, 0.25) is 5.02 Å². The van der Waals surface area contributed by atoms with Crippen molar-refractivity contribution in [2.75, 3.05) is 5.32 Å². The lowest BCUT2D eigenvalue weighted by Gasteiger charge is -2.07. The predicted molar refractivity (Wildman–Crippen MR) is 100 cm³/mol. The number of tetrazole rings is 1. The number of nitrogens with zero attached hydrogens (tertiary/aromatic N) is 5. The number of benzene rings is 2. The van der Waals surface area contributed by atoms with Gasteiger partial charge in [0.15, 0.2) is 0 Å². The molecular formula is C18H15ClN6O. The number of anilines is 1. The van der Waals surface area contributed by atoms with Crippen LogP contribution in [0.3, 0.4) is 0 Å². The maximum atomic E-state index is 12.7. The Hall–Kier alpha value is -3.19. The fourth-order valence-electron chi connectivity index (χ4n) is 2.85. The van der Waals surface area contributed by atoms with E-state index < -0.39 is 0 Å². The number of amides is 1. The normalized spacial score (nSPS) is 11.0. The highest BCUT2D eigenvalue weighted by atomic mass is 35.5. The van der Waals surface area contributed by atoms with Crippen LogP contribution >= 0.6 is 11.6 Å². The van der Waals surface area contributed by atoms with Crippen LogP contribution in [0.1, 0.15) is 10.5 Å². The van der Waals surface area contributed by atoms with E-state index >= 15 is 0 Å². The average Bonchev–Trinajstić information content (AvgIpc) is 3.19. The number of aromatic nitrogens is 5. The minimum Gasteiger partial charge on any atom is -0.340 e. The van der Waals surface area contributed by atoms with Crippen molar-refractivity contribution in [1.29, 1.82) is 0 Å². The highest BCUT2D eigenvalue weighted by molar-refractivity contribution is 6.31. The Morgan fingerprint density at radius 3 is 2.73 bits per heavy atom. The molecule has 0 fully saturated rings. The Bertz CT molecular complexity index is 1130. The lowest BCUT2D eigenvalue weighted by molar-refractivity contribution is 0.102. The predicted octanol–water partition coefficient (Wildman–Crippen LogP) is 3.27. The van der Waals surface area contributed by atoms with E-state index in [1.54, 1.807) is 7.05 Å². The van der Waals surface area contributed by atoms with Gasteiger partial charge < -0.3 is 9.88 Å². The highest BCUT2D eigenvalue weighted by Gasteiger charge is 2.14. The molecule has 0 spiro atoms. The molecule has 0 aliphatic rings. The number of halogens is 1. The van der Waals surface area contributed by atoms with Gasteiger partial charge in [0.25, 0.3) is 5.91 Å². The Labute approximate surface area is 154 Å². The van der Waals surface area contributed by atoms with Crippen molar-refractivity contribution in [3.05, 3.63) is 59.2 Å². The SMILES string of the molecule is Cn1nnc(-c2cccc(NC(=O)c3cc4ccc(Cl)cc4n3C)c2)n1. The smallest absolute Gasteiger partial charge is 0.272 e. The van der Waals surface area contributed by atoms with Crippen molar-refractivity contribution < 1.29 is 4.79 Å². The molecule has 4 aromatic rings. The Balaban J connectivity index is 1.63. The second-order valence-corrected chi connectivity index (χ2v) is 6.37. The van der Waals surface area contributed by atoms with E-state index in [4.69, 9.17) is 11.6 Å². The molecule has 1 amide bonds. The van der Waals surface area contributed by atoms with Crippen LogP contribution in [0.4, 0.5) is 5.69 Å². The molecule has 7 nitrogen and oxygen atoms in total. The first-order chi connectivity index (χ1) is 12.5. The maximum Gasteiger partial charge on any atom is 0.272 e. The summed E-state index contributed by atoms with van der Waals surface area (Å²) in [5, 5.41) is 16.5. The third kappa shape index (κ3) is 2.93. The van der Waals surface area contributed by atoms with Crippen molar-refractivity contribution in [2.45, 2.75) is 0 Å². The van der Waals surface area contributed by atoms with E-state index in [0.717, 1.165) is 16.5 Å². The minimum atomic E-state index is -0.205. The van der Waals surface area contributed by atoms with E-state index in [0.29, 0.717) is 22.2 Å². The number of hydrogen-bond acceptors (Lipinski definition) is 4. The van der Waals surface area contributed by atoms with Crippen molar-refractivity contribution >= 4 is 34.1 Å². The molecule has 0 atom stereocenters. The zero-order valence-corrected chi connectivity index (χ0v) is 14.9. The molecule has 0 bridgehead atoms. The van der Waals surface area contributed by atoms with Crippen molar-refractivity contribution in [3.8, 4) is 11.4 Å². The van der Waals surface area contributed by atoms with E-state index in [1.165, 1.54) is 4.80 Å². The zero-order valence-electron chi connectivity index (χ0n) is 14.1. The van der Waals surface area contributed by atoms with E-state index in [-0.39, 0.29) is 5.91 Å². The van der Waals surface area contributed by atoms with Crippen LogP contribution in [-0.4, -0.2) is 30.7 Å². The summed E-state index contributed by atoms with van der Waals surface area (Å²) in [5.74, 6) is 0.298. The first kappa shape index (κ1) is 16.3. The van der Waals surface area contributed by atoms with E-state index in [9.17, 15) is 4.79 Å². The Morgan fingerprint density at radius 1 is 1.12 bits per heavy atom. The number of fused-ring (bicyclic) bond motifs is 1. The van der Waals surface area contributed by atoms with Gasteiger partial charge in [0.2, 0.25) is 5.82 Å². The van der Waals surface area contributed by atoms with Crippen molar-refractivity contribution in [1.82, 2.24) is 24.8 Å². The number of carbonyl (C=O) groups is 1. The summed E-state index contributed by atoms with van der Waals surface area (Å²) in [6, 6.07) is 14.7. The van der Waals surface area contributed by atoms with Gasteiger partial charge in [-0.25, -0.2) is 0 Å². The highest BCUT2D eigenvalue weighted by Crippen LogP contribution is 2.24. The van der Waals surface area contributed by atoms with Crippen LogP contribution in [0.25, 0.3) is 22.3 Å². The first-order valence-electron chi connectivity index (χ1n) is 7.92. The summed E-state index contributed by atoms with van der Waals surface area (Å²) in [6.45, 7) is 0. The monoisotopic (exact) mass is 366 g/mol. The molecule has 0 saturated heterocycles. The van der Waals surface area contributed by atoms with E-state index in [2.05, 4.69) is 20.7 Å². The van der Waals surface area contributed by atoms with Crippen LogP contribution in [0.5, 0.6) is 0 Å². The molecule has 0 unspecified atom stereocenters. The van der Waals surface area contributed by atoms with Crippen LogP contribution in [0.15, 0.2) is 48.5 Å². The van der Waals surface area contributed by atoms with Gasteiger partial charge in [-0.1, -0.05) is 29.8 Å². The average molecular weight is 367 g/mol. The molecule has 4 rings (SSSR count).